The zero-order valence-corrected chi connectivity index (χ0v) is 14.2. The topological polar surface area (TPSA) is 67.9 Å². The first-order chi connectivity index (χ1) is 11.5. The number of amides is 3. The van der Waals surface area contributed by atoms with Gasteiger partial charge in [0.1, 0.15) is 18.5 Å². The van der Waals surface area contributed by atoms with Crippen LogP contribution in [-0.4, -0.2) is 60.4 Å². The van der Waals surface area contributed by atoms with Gasteiger partial charge in [-0.2, -0.15) is 0 Å². The number of urea groups is 1. The number of hydrogen-bond acceptors (Lipinski definition) is 5. The largest absolute Gasteiger partial charge is 0.343 e. The van der Waals surface area contributed by atoms with Crippen molar-refractivity contribution in [3.8, 4) is 0 Å². The van der Waals surface area contributed by atoms with Crippen molar-refractivity contribution < 1.29 is 9.59 Å². The molecular formula is C17H23N5O2. The van der Waals surface area contributed by atoms with Crippen LogP contribution in [0.3, 0.4) is 0 Å². The lowest BCUT2D eigenvalue weighted by atomic mass is 10.1. The summed E-state index contributed by atoms with van der Waals surface area (Å²) < 4.78 is 0. The highest BCUT2D eigenvalue weighted by molar-refractivity contribution is 6.00. The molecule has 0 aromatic heterocycles. The van der Waals surface area contributed by atoms with Crippen LogP contribution in [0.25, 0.3) is 0 Å². The molecule has 3 aliphatic rings. The molecule has 0 saturated carbocycles. The van der Waals surface area contributed by atoms with Crippen LogP contribution in [-0.2, 0) is 4.79 Å². The van der Waals surface area contributed by atoms with E-state index in [9.17, 15) is 9.59 Å². The number of rotatable bonds is 1. The van der Waals surface area contributed by atoms with E-state index in [0.29, 0.717) is 0 Å². The summed E-state index contributed by atoms with van der Waals surface area (Å²) in [6.07, 6.45) is 0.620. The Morgan fingerprint density at radius 2 is 1.96 bits per heavy atom. The first-order valence-electron chi connectivity index (χ1n) is 8.41. The van der Waals surface area contributed by atoms with Gasteiger partial charge in [0.15, 0.2) is 0 Å². The number of hydrogen-bond donors (Lipinski definition) is 2. The summed E-state index contributed by atoms with van der Waals surface area (Å²) in [5, 5.41) is 5.95. The fraction of sp³-hybridized carbons (Fsp3) is 0.529. The fourth-order valence-corrected chi connectivity index (χ4v) is 4.06. The molecule has 2 N–H and O–H groups in total. The van der Waals surface area contributed by atoms with Gasteiger partial charge in [-0.25, -0.2) is 4.79 Å². The highest BCUT2D eigenvalue weighted by Gasteiger charge is 2.53. The van der Waals surface area contributed by atoms with E-state index < -0.39 is 0 Å². The summed E-state index contributed by atoms with van der Waals surface area (Å²) in [6, 6.07) is 5.63. The Bertz CT molecular complexity index is 706. The molecule has 3 unspecified atom stereocenters. The molecule has 7 heteroatoms. The average Bonchev–Trinajstić information content (AvgIpc) is 2.95. The van der Waals surface area contributed by atoms with E-state index in [4.69, 9.17) is 0 Å². The number of likely N-dealkylation sites (N-methyl/N-ethyl adjacent to an activating group) is 1. The standard InChI is InChI=1S/C17H23N5O2/c1-10-6-4-7-12(11(10)2)21-8-5-9-22-13-14(18-16(21)22)20(3)17(24)19-15(13)23/h4,6-7,13-14,16,18H,5,8-9H2,1-3H3,(H,19,23,24). The van der Waals surface area contributed by atoms with Crippen molar-refractivity contribution in [1.29, 1.82) is 0 Å². The van der Waals surface area contributed by atoms with Crippen LogP contribution < -0.4 is 15.5 Å². The van der Waals surface area contributed by atoms with Crippen LogP contribution >= 0.6 is 0 Å². The fourth-order valence-electron chi connectivity index (χ4n) is 4.06. The van der Waals surface area contributed by atoms with E-state index in [1.807, 2.05) is 0 Å². The zero-order valence-electron chi connectivity index (χ0n) is 14.2. The van der Waals surface area contributed by atoms with Gasteiger partial charge in [-0.15, -0.1) is 0 Å². The van der Waals surface area contributed by atoms with Crippen molar-refractivity contribution in [2.45, 2.75) is 38.8 Å². The Labute approximate surface area is 141 Å². The Morgan fingerprint density at radius 1 is 1.17 bits per heavy atom. The summed E-state index contributed by atoms with van der Waals surface area (Å²) >= 11 is 0. The first-order valence-corrected chi connectivity index (χ1v) is 8.41. The molecular weight excluding hydrogens is 306 g/mol. The maximum Gasteiger partial charge on any atom is 0.325 e. The van der Waals surface area contributed by atoms with Crippen LogP contribution in [0.5, 0.6) is 0 Å². The minimum Gasteiger partial charge on any atom is -0.343 e. The van der Waals surface area contributed by atoms with E-state index in [1.165, 1.54) is 16.8 Å². The van der Waals surface area contributed by atoms with Gasteiger partial charge in [0.25, 0.3) is 0 Å². The molecule has 0 bridgehead atoms. The predicted octanol–water partition coefficient (Wildman–Crippen LogP) is 0.579. The van der Waals surface area contributed by atoms with Gasteiger partial charge >= 0.3 is 6.03 Å². The Hall–Kier alpha value is -2.12. The molecule has 128 valence electrons. The molecule has 0 spiro atoms. The highest BCUT2D eigenvalue weighted by Crippen LogP contribution is 2.33. The number of fused-ring (bicyclic) bond motifs is 3. The third-order valence-electron chi connectivity index (χ3n) is 5.52. The van der Waals surface area contributed by atoms with Crippen molar-refractivity contribution in [3.05, 3.63) is 29.3 Å². The summed E-state index contributed by atoms with van der Waals surface area (Å²) in [5.41, 5.74) is 3.69. The predicted molar refractivity (Wildman–Crippen MR) is 90.4 cm³/mol. The van der Waals surface area contributed by atoms with Crippen molar-refractivity contribution in [2.75, 3.05) is 25.0 Å². The van der Waals surface area contributed by atoms with Crippen LogP contribution in [0.1, 0.15) is 17.5 Å². The van der Waals surface area contributed by atoms with Gasteiger partial charge in [0.2, 0.25) is 5.91 Å². The molecule has 0 radical (unpaired) electrons. The van der Waals surface area contributed by atoms with Crippen molar-refractivity contribution in [1.82, 2.24) is 20.4 Å². The number of nitrogens with one attached hydrogen (secondary N) is 2. The lowest BCUT2D eigenvalue weighted by Gasteiger charge is -2.43. The monoisotopic (exact) mass is 329 g/mol. The molecule has 3 aliphatic heterocycles. The second-order valence-corrected chi connectivity index (χ2v) is 6.84. The van der Waals surface area contributed by atoms with Gasteiger partial charge < -0.3 is 9.80 Å². The zero-order chi connectivity index (χ0) is 17.0. The summed E-state index contributed by atoms with van der Waals surface area (Å²) in [4.78, 5) is 30.4. The number of nitrogens with zero attached hydrogens (tertiary/aromatic N) is 3. The first kappa shape index (κ1) is 15.4. The molecule has 1 aromatic rings. The SMILES string of the molecule is Cc1cccc(N2CCCN3C4C(=O)NC(=O)N(C)C4NC23)c1C. The van der Waals surface area contributed by atoms with Crippen LogP contribution in [0.2, 0.25) is 0 Å². The molecule has 7 nitrogen and oxygen atoms in total. The lowest BCUT2D eigenvalue weighted by Crippen LogP contribution is -2.65. The molecule has 1 aromatic carbocycles. The number of anilines is 1. The summed E-state index contributed by atoms with van der Waals surface area (Å²) in [5.74, 6) is -0.207. The van der Waals surface area contributed by atoms with Crippen LogP contribution in [0, 0.1) is 13.8 Å². The van der Waals surface area contributed by atoms with Gasteiger partial charge in [-0.05, 0) is 37.5 Å². The van der Waals surface area contributed by atoms with Gasteiger partial charge in [-0.3, -0.25) is 20.3 Å². The van der Waals surface area contributed by atoms with Crippen molar-refractivity contribution in [2.24, 2.45) is 0 Å². The molecule has 4 rings (SSSR count). The number of aryl methyl sites for hydroxylation is 1. The van der Waals surface area contributed by atoms with E-state index in [1.54, 1.807) is 11.9 Å². The second-order valence-electron chi connectivity index (χ2n) is 6.84. The number of imide groups is 1. The van der Waals surface area contributed by atoms with Crippen molar-refractivity contribution in [3.63, 3.8) is 0 Å². The number of benzene rings is 1. The van der Waals surface area contributed by atoms with Gasteiger partial charge in [0, 0.05) is 25.8 Å². The van der Waals surface area contributed by atoms with Gasteiger partial charge in [0.05, 0.1) is 0 Å². The number of carbonyl (C=O) groups is 2. The Morgan fingerprint density at radius 3 is 2.75 bits per heavy atom. The van der Waals surface area contributed by atoms with Crippen molar-refractivity contribution >= 4 is 17.6 Å². The minimum absolute atomic E-state index is 0.0756. The summed E-state index contributed by atoms with van der Waals surface area (Å²) in [7, 11) is 1.73. The van der Waals surface area contributed by atoms with Crippen LogP contribution in [0.4, 0.5) is 10.5 Å². The smallest absolute Gasteiger partial charge is 0.325 e. The lowest BCUT2D eigenvalue weighted by molar-refractivity contribution is -0.128. The molecule has 3 atom stereocenters. The van der Waals surface area contributed by atoms with E-state index in [2.05, 4.69) is 52.5 Å². The molecule has 3 heterocycles. The van der Waals surface area contributed by atoms with Crippen LogP contribution in [0.15, 0.2) is 18.2 Å². The molecule has 3 fully saturated rings. The van der Waals surface area contributed by atoms with E-state index in [0.717, 1.165) is 19.5 Å². The maximum atomic E-state index is 12.4. The van der Waals surface area contributed by atoms with Gasteiger partial charge in [-0.1, -0.05) is 12.1 Å². The normalized spacial score (nSPS) is 30.2. The molecule has 0 aliphatic carbocycles. The third-order valence-corrected chi connectivity index (χ3v) is 5.52. The molecule has 24 heavy (non-hydrogen) atoms. The quantitative estimate of drug-likeness (QED) is 0.789. The minimum atomic E-state index is -0.342. The Balaban J connectivity index is 1.70. The van der Waals surface area contributed by atoms with E-state index >= 15 is 0 Å². The Kier molecular flexibility index (Phi) is 3.51. The second kappa shape index (κ2) is 5.46. The average molecular weight is 329 g/mol. The number of carbonyl (C=O) groups excluding carboxylic acids is 2. The third kappa shape index (κ3) is 2.12. The highest BCUT2D eigenvalue weighted by atomic mass is 16.2. The molecule has 3 amide bonds. The summed E-state index contributed by atoms with van der Waals surface area (Å²) in [6.45, 7) is 6.02. The molecule has 3 saturated heterocycles. The maximum absolute atomic E-state index is 12.4. The van der Waals surface area contributed by atoms with E-state index in [-0.39, 0.29) is 30.4 Å².